The second-order valence-corrected chi connectivity index (χ2v) is 4.61. The SMILES string of the molecule is Cn1cc(-c2ccoc2)c2cc(Br)cnc21. The number of nitrogens with zero attached hydrogens (tertiary/aromatic N) is 2. The lowest BCUT2D eigenvalue weighted by Gasteiger charge is -1.95. The Kier molecular flexibility index (Phi) is 2.11. The second kappa shape index (κ2) is 3.49. The first-order chi connectivity index (χ1) is 7.75. The molecule has 0 aromatic carbocycles. The van der Waals surface area contributed by atoms with Crippen molar-refractivity contribution in [3.63, 3.8) is 0 Å². The third-order valence-electron chi connectivity index (χ3n) is 2.61. The summed E-state index contributed by atoms with van der Waals surface area (Å²) < 4.78 is 8.12. The molecule has 0 aliphatic rings. The molecule has 3 aromatic heterocycles. The lowest BCUT2D eigenvalue weighted by molar-refractivity contribution is 0.568. The zero-order valence-corrected chi connectivity index (χ0v) is 10.2. The Morgan fingerprint density at radius 3 is 3.06 bits per heavy atom. The predicted molar refractivity (Wildman–Crippen MR) is 66.1 cm³/mol. The molecule has 0 aliphatic heterocycles. The van der Waals surface area contributed by atoms with Crippen LogP contribution in [-0.4, -0.2) is 9.55 Å². The fourth-order valence-electron chi connectivity index (χ4n) is 1.88. The van der Waals surface area contributed by atoms with Crippen molar-refractivity contribution in [3.05, 3.63) is 41.5 Å². The van der Waals surface area contributed by atoms with Crippen molar-refractivity contribution >= 4 is 27.0 Å². The van der Waals surface area contributed by atoms with Crippen LogP contribution in [-0.2, 0) is 7.05 Å². The summed E-state index contributed by atoms with van der Waals surface area (Å²) in [4.78, 5) is 4.40. The van der Waals surface area contributed by atoms with E-state index in [4.69, 9.17) is 4.42 Å². The summed E-state index contributed by atoms with van der Waals surface area (Å²) in [6.07, 6.45) is 7.30. The molecule has 3 heterocycles. The third-order valence-corrected chi connectivity index (χ3v) is 3.05. The fraction of sp³-hybridized carbons (Fsp3) is 0.0833. The first-order valence-corrected chi connectivity index (χ1v) is 5.68. The first kappa shape index (κ1) is 9.66. The highest BCUT2D eigenvalue weighted by molar-refractivity contribution is 9.10. The summed E-state index contributed by atoms with van der Waals surface area (Å²) in [5.74, 6) is 0. The normalized spacial score (nSPS) is 11.1. The summed E-state index contributed by atoms with van der Waals surface area (Å²) in [6, 6.07) is 4.03. The van der Waals surface area contributed by atoms with Crippen LogP contribution in [0.3, 0.4) is 0 Å². The number of rotatable bonds is 1. The molecule has 0 amide bonds. The number of hydrogen-bond acceptors (Lipinski definition) is 2. The summed E-state index contributed by atoms with van der Waals surface area (Å²) in [6.45, 7) is 0. The van der Waals surface area contributed by atoms with Crippen LogP contribution >= 0.6 is 15.9 Å². The van der Waals surface area contributed by atoms with Gasteiger partial charge in [0.2, 0.25) is 0 Å². The highest BCUT2D eigenvalue weighted by atomic mass is 79.9. The van der Waals surface area contributed by atoms with Gasteiger partial charge in [-0.15, -0.1) is 0 Å². The molecule has 0 N–H and O–H groups in total. The van der Waals surface area contributed by atoms with Crippen LogP contribution in [0, 0.1) is 0 Å². The summed E-state index contributed by atoms with van der Waals surface area (Å²) >= 11 is 3.44. The smallest absolute Gasteiger partial charge is 0.140 e. The van der Waals surface area contributed by atoms with Gasteiger partial charge in [-0.1, -0.05) is 0 Å². The Labute approximate surface area is 101 Å². The maximum Gasteiger partial charge on any atom is 0.140 e. The first-order valence-electron chi connectivity index (χ1n) is 4.89. The standard InChI is InChI=1S/C12H9BrN2O/c1-15-6-11(8-2-3-16-7-8)10-4-9(13)5-14-12(10)15/h2-7H,1H3. The molecule has 3 rings (SSSR count). The van der Waals surface area contributed by atoms with E-state index in [0.717, 1.165) is 26.6 Å². The summed E-state index contributed by atoms with van der Waals surface area (Å²) in [5, 5.41) is 1.12. The summed E-state index contributed by atoms with van der Waals surface area (Å²) in [7, 11) is 1.99. The van der Waals surface area contributed by atoms with Gasteiger partial charge in [-0.25, -0.2) is 4.98 Å². The van der Waals surface area contributed by atoms with Crippen LogP contribution in [0.2, 0.25) is 0 Å². The number of hydrogen-bond donors (Lipinski definition) is 0. The van der Waals surface area contributed by atoms with Gasteiger partial charge < -0.3 is 8.98 Å². The minimum absolute atomic E-state index is 0.972. The second-order valence-electron chi connectivity index (χ2n) is 3.69. The van der Waals surface area contributed by atoms with Crippen molar-refractivity contribution < 1.29 is 4.42 Å². The average Bonchev–Trinajstić information content (AvgIpc) is 2.86. The van der Waals surface area contributed by atoms with E-state index in [1.165, 1.54) is 0 Å². The molecule has 3 nitrogen and oxygen atoms in total. The van der Waals surface area contributed by atoms with Gasteiger partial charge in [0.1, 0.15) is 5.65 Å². The Bertz CT molecular complexity index is 640. The third kappa shape index (κ3) is 1.38. The molecule has 0 aliphatic carbocycles. The number of aryl methyl sites for hydroxylation is 1. The molecule has 4 heteroatoms. The van der Waals surface area contributed by atoms with E-state index in [1.807, 2.05) is 23.9 Å². The molecular weight excluding hydrogens is 268 g/mol. The van der Waals surface area contributed by atoms with Crippen molar-refractivity contribution in [2.24, 2.45) is 7.05 Å². The molecule has 80 valence electrons. The molecular formula is C12H9BrN2O. The zero-order chi connectivity index (χ0) is 11.1. The van der Waals surface area contributed by atoms with Crippen molar-refractivity contribution in [3.8, 4) is 11.1 Å². The molecule has 0 fully saturated rings. The van der Waals surface area contributed by atoms with Crippen LogP contribution in [0.15, 0.2) is 45.9 Å². The maximum atomic E-state index is 5.12. The highest BCUT2D eigenvalue weighted by Crippen LogP contribution is 2.30. The van der Waals surface area contributed by atoms with E-state index in [1.54, 1.807) is 12.5 Å². The van der Waals surface area contributed by atoms with Crippen LogP contribution in [0.1, 0.15) is 0 Å². The fourth-order valence-corrected chi connectivity index (χ4v) is 2.21. The van der Waals surface area contributed by atoms with Gasteiger partial charge >= 0.3 is 0 Å². The van der Waals surface area contributed by atoms with Gasteiger partial charge in [0.25, 0.3) is 0 Å². The van der Waals surface area contributed by atoms with Gasteiger partial charge in [0, 0.05) is 40.4 Å². The van der Waals surface area contributed by atoms with Crippen molar-refractivity contribution in [1.29, 1.82) is 0 Å². The highest BCUT2D eigenvalue weighted by Gasteiger charge is 2.10. The Hall–Kier alpha value is -1.55. The molecule has 0 spiro atoms. The summed E-state index contributed by atoms with van der Waals surface area (Å²) in [5.41, 5.74) is 3.19. The minimum Gasteiger partial charge on any atom is -0.472 e. The Morgan fingerprint density at radius 1 is 1.44 bits per heavy atom. The monoisotopic (exact) mass is 276 g/mol. The Morgan fingerprint density at radius 2 is 2.31 bits per heavy atom. The molecule has 0 bridgehead atoms. The van der Waals surface area contributed by atoms with E-state index in [2.05, 4.69) is 33.2 Å². The van der Waals surface area contributed by atoms with Gasteiger partial charge in [-0.3, -0.25) is 0 Å². The van der Waals surface area contributed by atoms with Crippen LogP contribution in [0.4, 0.5) is 0 Å². The number of furan rings is 1. The van der Waals surface area contributed by atoms with E-state index in [0.29, 0.717) is 0 Å². The number of aromatic nitrogens is 2. The molecule has 0 saturated carbocycles. The topological polar surface area (TPSA) is 31.0 Å². The molecule has 0 atom stereocenters. The largest absolute Gasteiger partial charge is 0.472 e. The van der Waals surface area contributed by atoms with Crippen molar-refractivity contribution in [1.82, 2.24) is 9.55 Å². The van der Waals surface area contributed by atoms with E-state index in [9.17, 15) is 0 Å². The quantitative estimate of drug-likeness (QED) is 0.680. The Balaban J connectivity index is 2.37. The van der Waals surface area contributed by atoms with Gasteiger partial charge in [0.15, 0.2) is 0 Å². The maximum absolute atomic E-state index is 5.12. The molecule has 16 heavy (non-hydrogen) atoms. The van der Waals surface area contributed by atoms with Gasteiger partial charge in [-0.05, 0) is 28.1 Å². The molecule has 0 unspecified atom stereocenters. The van der Waals surface area contributed by atoms with E-state index in [-0.39, 0.29) is 0 Å². The van der Waals surface area contributed by atoms with Crippen LogP contribution in [0.5, 0.6) is 0 Å². The van der Waals surface area contributed by atoms with Crippen molar-refractivity contribution in [2.75, 3.05) is 0 Å². The molecule has 0 saturated heterocycles. The van der Waals surface area contributed by atoms with Gasteiger partial charge in [0.05, 0.1) is 12.5 Å². The van der Waals surface area contributed by atoms with Crippen LogP contribution < -0.4 is 0 Å². The number of pyridine rings is 1. The lowest BCUT2D eigenvalue weighted by atomic mass is 10.1. The molecule has 0 radical (unpaired) electrons. The number of halogens is 1. The zero-order valence-electron chi connectivity index (χ0n) is 8.64. The van der Waals surface area contributed by atoms with Gasteiger partial charge in [-0.2, -0.15) is 0 Å². The van der Waals surface area contributed by atoms with E-state index >= 15 is 0 Å². The van der Waals surface area contributed by atoms with Crippen molar-refractivity contribution in [2.45, 2.75) is 0 Å². The predicted octanol–water partition coefficient (Wildman–Crippen LogP) is 3.60. The van der Waals surface area contributed by atoms with E-state index < -0.39 is 0 Å². The number of fused-ring (bicyclic) bond motifs is 1. The average molecular weight is 277 g/mol. The molecule has 3 aromatic rings. The van der Waals surface area contributed by atoms with Crippen LogP contribution in [0.25, 0.3) is 22.2 Å². The minimum atomic E-state index is 0.972. The lowest BCUT2D eigenvalue weighted by Crippen LogP contribution is -1.86.